The molecule has 1 aromatic rings. The highest BCUT2D eigenvalue weighted by atomic mass is 19.3. The number of halogens is 2. The van der Waals surface area contributed by atoms with E-state index in [1.807, 2.05) is 0 Å². The zero-order valence-corrected chi connectivity index (χ0v) is 7.83. The quantitative estimate of drug-likeness (QED) is 0.725. The lowest BCUT2D eigenvalue weighted by Gasteiger charge is -2.02. The Bertz CT molecular complexity index is 411. The largest absolute Gasteiger partial charge is 0.460 e. The third kappa shape index (κ3) is 2.87. The van der Waals surface area contributed by atoms with E-state index >= 15 is 0 Å². The number of hydrogen-bond acceptors (Lipinski definition) is 4. The maximum Gasteiger partial charge on any atom is 0.374 e. The van der Waals surface area contributed by atoms with Crippen molar-refractivity contribution in [1.82, 2.24) is 0 Å². The number of carbonyl (C=O) groups excluding carboxylic acids is 1. The second-order valence-electron chi connectivity index (χ2n) is 2.58. The molecule has 1 aromatic heterocycles. The van der Waals surface area contributed by atoms with Crippen molar-refractivity contribution in [2.24, 2.45) is 0 Å². The van der Waals surface area contributed by atoms with Crippen LogP contribution in [0.4, 0.5) is 8.78 Å². The normalized spacial score (nSPS) is 10.4. The van der Waals surface area contributed by atoms with E-state index in [0.29, 0.717) is 6.07 Å². The Morgan fingerprint density at radius 1 is 1.53 bits per heavy atom. The first-order chi connectivity index (χ1) is 7.04. The van der Waals surface area contributed by atoms with Gasteiger partial charge in [0, 0.05) is 12.1 Å². The molecule has 0 N–H and O–H groups in total. The summed E-state index contributed by atoms with van der Waals surface area (Å²) in [5.41, 5.74) is -0.723. The minimum Gasteiger partial charge on any atom is -0.460 e. The van der Waals surface area contributed by atoms with Gasteiger partial charge in [0.05, 0.1) is 6.61 Å². The molecule has 0 amide bonds. The van der Waals surface area contributed by atoms with Crippen LogP contribution in [0.25, 0.3) is 0 Å². The Hall–Kier alpha value is -1.72. The van der Waals surface area contributed by atoms with Crippen LogP contribution < -0.4 is 5.43 Å². The van der Waals surface area contributed by atoms with Gasteiger partial charge in [-0.25, -0.2) is 13.6 Å². The third-order valence-corrected chi connectivity index (χ3v) is 1.48. The van der Waals surface area contributed by atoms with E-state index in [1.54, 1.807) is 6.92 Å². The van der Waals surface area contributed by atoms with Crippen molar-refractivity contribution in [3.8, 4) is 0 Å². The summed E-state index contributed by atoms with van der Waals surface area (Å²) >= 11 is 0. The van der Waals surface area contributed by atoms with E-state index in [1.165, 1.54) is 0 Å². The molecule has 1 heterocycles. The summed E-state index contributed by atoms with van der Waals surface area (Å²) in [6.45, 7) is 1.62. The SMILES string of the molecule is CCOC(=O)c1cc(=O)cc(C(F)F)o1. The maximum absolute atomic E-state index is 12.2. The molecule has 0 aliphatic heterocycles. The molecule has 82 valence electrons. The number of carbonyl (C=O) groups is 1. The average molecular weight is 218 g/mol. The molecule has 4 nitrogen and oxygen atoms in total. The van der Waals surface area contributed by atoms with Crippen LogP contribution in [0.5, 0.6) is 0 Å². The highest BCUT2D eigenvalue weighted by Crippen LogP contribution is 2.18. The molecular weight excluding hydrogens is 210 g/mol. The second-order valence-corrected chi connectivity index (χ2v) is 2.58. The lowest BCUT2D eigenvalue weighted by Crippen LogP contribution is -2.10. The number of esters is 1. The molecule has 6 heteroatoms. The number of alkyl halides is 2. The number of hydrogen-bond donors (Lipinski definition) is 0. The number of rotatable bonds is 3. The zero-order valence-electron chi connectivity index (χ0n) is 7.83. The average Bonchev–Trinajstić information content (AvgIpc) is 2.17. The second kappa shape index (κ2) is 4.68. The summed E-state index contributed by atoms with van der Waals surface area (Å²) in [7, 11) is 0. The van der Waals surface area contributed by atoms with Crippen molar-refractivity contribution >= 4 is 5.97 Å². The summed E-state index contributed by atoms with van der Waals surface area (Å²) in [5, 5.41) is 0. The Morgan fingerprint density at radius 3 is 2.73 bits per heavy atom. The van der Waals surface area contributed by atoms with Gasteiger partial charge in [-0.2, -0.15) is 0 Å². The van der Waals surface area contributed by atoms with Crippen LogP contribution >= 0.6 is 0 Å². The summed E-state index contributed by atoms with van der Waals surface area (Å²) in [6, 6.07) is 1.44. The molecule has 0 saturated heterocycles. The van der Waals surface area contributed by atoms with Gasteiger partial charge in [-0.3, -0.25) is 4.79 Å². The van der Waals surface area contributed by atoms with Gasteiger partial charge in [0.1, 0.15) is 0 Å². The topological polar surface area (TPSA) is 56.5 Å². The smallest absolute Gasteiger partial charge is 0.374 e. The molecule has 0 aromatic carbocycles. The fraction of sp³-hybridized carbons (Fsp3) is 0.333. The van der Waals surface area contributed by atoms with Crippen LogP contribution in [0.15, 0.2) is 21.3 Å². The van der Waals surface area contributed by atoms with Crippen LogP contribution in [-0.4, -0.2) is 12.6 Å². The summed E-state index contributed by atoms with van der Waals surface area (Å²) in [5.74, 6) is -2.29. The molecule has 0 aliphatic carbocycles. The minimum absolute atomic E-state index is 0.0709. The van der Waals surface area contributed by atoms with Gasteiger partial charge in [0.25, 0.3) is 6.43 Å². The predicted molar refractivity (Wildman–Crippen MR) is 45.9 cm³/mol. The van der Waals surface area contributed by atoms with Crippen molar-refractivity contribution in [2.45, 2.75) is 13.3 Å². The van der Waals surface area contributed by atoms with Crippen molar-refractivity contribution in [2.75, 3.05) is 6.61 Å². The first kappa shape index (κ1) is 11.4. The van der Waals surface area contributed by atoms with Crippen molar-refractivity contribution in [3.63, 3.8) is 0 Å². The molecule has 0 aliphatic rings. The number of ether oxygens (including phenoxy) is 1. The fourth-order valence-corrected chi connectivity index (χ4v) is 0.907. The Kier molecular flexibility index (Phi) is 3.54. The summed E-state index contributed by atoms with van der Waals surface area (Å²) in [6.07, 6.45) is -2.94. The van der Waals surface area contributed by atoms with Gasteiger partial charge in [0.2, 0.25) is 5.76 Å². The molecule has 15 heavy (non-hydrogen) atoms. The Morgan fingerprint density at radius 2 is 2.20 bits per heavy atom. The molecule has 0 unspecified atom stereocenters. The lowest BCUT2D eigenvalue weighted by molar-refractivity contribution is 0.0468. The molecule has 0 bridgehead atoms. The van der Waals surface area contributed by atoms with Crippen molar-refractivity contribution in [1.29, 1.82) is 0 Å². The molecule has 0 saturated carbocycles. The van der Waals surface area contributed by atoms with Crippen LogP contribution in [0.2, 0.25) is 0 Å². The van der Waals surface area contributed by atoms with Crippen LogP contribution in [0, 0.1) is 0 Å². The molecule has 0 radical (unpaired) electrons. The Balaban J connectivity index is 3.09. The van der Waals surface area contributed by atoms with Crippen LogP contribution in [0.3, 0.4) is 0 Å². The molecule has 0 fully saturated rings. The monoisotopic (exact) mass is 218 g/mol. The highest BCUT2D eigenvalue weighted by Gasteiger charge is 2.16. The minimum atomic E-state index is -2.94. The summed E-state index contributed by atoms with van der Waals surface area (Å²) < 4.78 is 33.4. The first-order valence-corrected chi connectivity index (χ1v) is 4.15. The third-order valence-electron chi connectivity index (χ3n) is 1.48. The van der Waals surface area contributed by atoms with Crippen molar-refractivity contribution in [3.05, 3.63) is 33.9 Å². The predicted octanol–water partition coefficient (Wildman–Crippen LogP) is 1.75. The van der Waals surface area contributed by atoms with Gasteiger partial charge in [-0.15, -0.1) is 0 Å². The summed E-state index contributed by atoms with van der Waals surface area (Å²) in [4.78, 5) is 22.0. The van der Waals surface area contributed by atoms with E-state index in [4.69, 9.17) is 0 Å². The van der Waals surface area contributed by atoms with Gasteiger partial charge < -0.3 is 9.15 Å². The van der Waals surface area contributed by atoms with Crippen molar-refractivity contribution < 1.29 is 22.7 Å². The van der Waals surface area contributed by atoms with E-state index in [-0.39, 0.29) is 6.61 Å². The fourth-order valence-electron chi connectivity index (χ4n) is 0.907. The van der Waals surface area contributed by atoms with Gasteiger partial charge in [-0.1, -0.05) is 0 Å². The zero-order chi connectivity index (χ0) is 11.4. The highest BCUT2D eigenvalue weighted by molar-refractivity contribution is 5.86. The van der Waals surface area contributed by atoms with E-state index < -0.39 is 29.3 Å². The maximum atomic E-state index is 12.2. The van der Waals surface area contributed by atoms with Gasteiger partial charge in [-0.05, 0) is 6.92 Å². The molecule has 0 atom stereocenters. The molecule has 1 rings (SSSR count). The van der Waals surface area contributed by atoms with Gasteiger partial charge in [0.15, 0.2) is 11.2 Å². The van der Waals surface area contributed by atoms with E-state index in [0.717, 1.165) is 6.07 Å². The standard InChI is InChI=1S/C9H8F2O4/c1-2-14-9(13)7-4-5(12)3-6(15-7)8(10)11/h3-4,8H,2H2,1H3. The van der Waals surface area contributed by atoms with E-state index in [2.05, 4.69) is 9.15 Å². The Labute approximate surface area is 83.5 Å². The van der Waals surface area contributed by atoms with E-state index in [9.17, 15) is 18.4 Å². The molecular formula is C9H8F2O4. The molecule has 0 spiro atoms. The van der Waals surface area contributed by atoms with Gasteiger partial charge >= 0.3 is 5.97 Å². The first-order valence-electron chi connectivity index (χ1n) is 4.15. The lowest BCUT2D eigenvalue weighted by atomic mass is 10.3. The van der Waals surface area contributed by atoms with Crippen LogP contribution in [0.1, 0.15) is 29.7 Å². The van der Waals surface area contributed by atoms with Crippen LogP contribution in [-0.2, 0) is 4.74 Å².